The number of anilines is 1. The summed E-state index contributed by atoms with van der Waals surface area (Å²) in [5.41, 5.74) is 0.237. The molecule has 3 heterocycles. The van der Waals surface area contributed by atoms with Crippen molar-refractivity contribution in [3.63, 3.8) is 0 Å². The Morgan fingerprint density at radius 3 is 2.53 bits per heavy atom. The van der Waals surface area contributed by atoms with Crippen LogP contribution in [0.5, 0.6) is 0 Å². The minimum atomic E-state index is -3.23. The van der Waals surface area contributed by atoms with E-state index in [1.165, 1.54) is 4.68 Å². The van der Waals surface area contributed by atoms with Gasteiger partial charge in [-0.3, -0.25) is 4.79 Å². The van der Waals surface area contributed by atoms with Gasteiger partial charge in [0, 0.05) is 26.2 Å². The molecule has 30 heavy (non-hydrogen) atoms. The molecule has 0 bridgehead atoms. The fraction of sp³-hybridized carbons (Fsp3) is 0.800. The molecule has 1 saturated carbocycles. The van der Waals surface area contributed by atoms with E-state index >= 15 is 0 Å². The quantitative estimate of drug-likeness (QED) is 0.704. The normalized spacial score (nSPS) is 28.5. The molecule has 1 aromatic rings. The number of hydrogen-bond donors (Lipinski definition) is 1. The summed E-state index contributed by atoms with van der Waals surface area (Å²) in [6.07, 6.45) is 7.99. The maximum Gasteiger partial charge on any atom is 0.287 e. The highest BCUT2D eigenvalue weighted by molar-refractivity contribution is 7.89. The molecule has 3 aliphatic rings. The largest absolute Gasteiger partial charge is 0.382 e. The Morgan fingerprint density at radius 1 is 1.13 bits per heavy atom. The SMILES string of the molecule is O=c1c(Cl)c(NC[C@@H]2CCCOC2)cnn1[C@H]1CC[C@@H](S(=O)(=O)N2CCCC2)CC1. The topological polar surface area (TPSA) is 93.5 Å². The molecule has 0 amide bonds. The maximum atomic E-state index is 12.8. The molecule has 1 aromatic heterocycles. The van der Waals surface area contributed by atoms with Crippen LogP contribution in [0.25, 0.3) is 0 Å². The van der Waals surface area contributed by atoms with E-state index in [-0.39, 0.29) is 21.9 Å². The molecule has 168 valence electrons. The Balaban J connectivity index is 1.37. The average Bonchev–Trinajstić information content (AvgIpc) is 3.32. The van der Waals surface area contributed by atoms with Crippen molar-refractivity contribution in [2.75, 3.05) is 38.2 Å². The van der Waals surface area contributed by atoms with E-state index in [4.69, 9.17) is 16.3 Å². The predicted molar refractivity (Wildman–Crippen MR) is 117 cm³/mol. The monoisotopic (exact) mass is 458 g/mol. The van der Waals surface area contributed by atoms with Gasteiger partial charge < -0.3 is 10.1 Å². The first kappa shape index (κ1) is 22.0. The highest BCUT2D eigenvalue weighted by Crippen LogP contribution is 2.33. The van der Waals surface area contributed by atoms with Gasteiger partial charge >= 0.3 is 0 Å². The summed E-state index contributed by atoms with van der Waals surface area (Å²) >= 11 is 6.35. The summed E-state index contributed by atoms with van der Waals surface area (Å²) < 4.78 is 34.2. The number of nitrogens with one attached hydrogen (secondary N) is 1. The molecule has 1 aliphatic carbocycles. The molecule has 1 N–H and O–H groups in total. The van der Waals surface area contributed by atoms with Gasteiger partial charge in [-0.15, -0.1) is 0 Å². The van der Waals surface area contributed by atoms with Crippen LogP contribution in [0.2, 0.25) is 5.02 Å². The van der Waals surface area contributed by atoms with Gasteiger partial charge in [-0.1, -0.05) is 11.6 Å². The van der Waals surface area contributed by atoms with E-state index in [0.717, 1.165) is 38.9 Å². The zero-order valence-corrected chi connectivity index (χ0v) is 18.8. The van der Waals surface area contributed by atoms with Crippen molar-refractivity contribution < 1.29 is 13.2 Å². The lowest BCUT2D eigenvalue weighted by Gasteiger charge is -2.31. The number of sulfonamides is 1. The summed E-state index contributed by atoms with van der Waals surface area (Å²) in [4.78, 5) is 12.8. The molecule has 4 rings (SSSR count). The first-order valence-electron chi connectivity index (χ1n) is 11.0. The lowest BCUT2D eigenvalue weighted by molar-refractivity contribution is 0.0595. The first-order chi connectivity index (χ1) is 14.5. The van der Waals surface area contributed by atoms with Crippen molar-refractivity contribution >= 4 is 27.3 Å². The van der Waals surface area contributed by atoms with Crippen LogP contribution in [0, 0.1) is 5.92 Å². The van der Waals surface area contributed by atoms with Crippen molar-refractivity contribution in [3.8, 4) is 0 Å². The Kier molecular flexibility index (Phi) is 7.01. The highest BCUT2D eigenvalue weighted by atomic mass is 35.5. The van der Waals surface area contributed by atoms with Gasteiger partial charge in [-0.05, 0) is 57.3 Å². The van der Waals surface area contributed by atoms with Crippen molar-refractivity contribution in [2.45, 2.75) is 62.7 Å². The molecule has 0 unspecified atom stereocenters. The highest BCUT2D eigenvalue weighted by Gasteiger charge is 2.37. The standard InChI is InChI=1S/C20H31ClN4O4S/c21-19-18(22-12-15-4-3-11-29-14-15)13-23-25(20(19)26)16-5-7-17(8-6-16)30(27,28)24-9-1-2-10-24/h13,15-17,22H,1-12,14H2/t15-,16-,17+/m0/s1. The van der Waals surface area contributed by atoms with Gasteiger partial charge in [0.15, 0.2) is 0 Å². The van der Waals surface area contributed by atoms with Gasteiger partial charge in [0.2, 0.25) is 10.0 Å². The van der Waals surface area contributed by atoms with Crippen LogP contribution in [0.1, 0.15) is 57.4 Å². The van der Waals surface area contributed by atoms with Gasteiger partial charge in [0.05, 0.1) is 29.8 Å². The van der Waals surface area contributed by atoms with Crippen LogP contribution in [-0.4, -0.2) is 60.6 Å². The second-order valence-electron chi connectivity index (χ2n) is 8.67. The molecule has 8 nitrogen and oxygen atoms in total. The molecular weight excluding hydrogens is 428 g/mol. The van der Waals surface area contributed by atoms with Gasteiger partial charge in [0.25, 0.3) is 5.56 Å². The van der Waals surface area contributed by atoms with Gasteiger partial charge in [0.1, 0.15) is 5.02 Å². The van der Waals surface area contributed by atoms with Crippen LogP contribution >= 0.6 is 11.6 Å². The first-order valence-corrected chi connectivity index (χ1v) is 12.9. The number of hydrogen-bond acceptors (Lipinski definition) is 6. The molecule has 2 aliphatic heterocycles. The molecule has 1 atom stereocenters. The molecular formula is C20H31ClN4O4S. The maximum absolute atomic E-state index is 12.8. The van der Waals surface area contributed by atoms with Crippen molar-refractivity contribution in [1.29, 1.82) is 0 Å². The lowest BCUT2D eigenvalue weighted by Crippen LogP contribution is -2.40. The van der Waals surface area contributed by atoms with E-state index in [1.807, 2.05) is 0 Å². The summed E-state index contributed by atoms with van der Waals surface area (Å²) in [5.74, 6) is 0.407. The summed E-state index contributed by atoms with van der Waals surface area (Å²) in [6.45, 7) is 3.51. The summed E-state index contributed by atoms with van der Waals surface area (Å²) in [6, 6.07) is -0.110. The summed E-state index contributed by atoms with van der Waals surface area (Å²) in [7, 11) is -3.23. The van der Waals surface area contributed by atoms with Gasteiger partial charge in [-0.2, -0.15) is 5.10 Å². The fourth-order valence-electron chi connectivity index (χ4n) is 4.79. The van der Waals surface area contributed by atoms with Crippen LogP contribution in [0.3, 0.4) is 0 Å². The number of ether oxygens (including phenoxy) is 1. The average molecular weight is 459 g/mol. The lowest BCUT2D eigenvalue weighted by atomic mass is 9.95. The van der Waals surface area contributed by atoms with Crippen LogP contribution < -0.4 is 10.9 Å². The Labute approximate surface area is 183 Å². The predicted octanol–water partition coefficient (Wildman–Crippen LogP) is 2.64. The second-order valence-corrected chi connectivity index (χ2v) is 11.3. The Morgan fingerprint density at radius 2 is 1.87 bits per heavy atom. The van der Waals surface area contributed by atoms with E-state index < -0.39 is 10.0 Å². The number of aromatic nitrogens is 2. The Bertz CT molecular complexity index is 887. The molecule has 0 radical (unpaired) electrons. The van der Waals surface area contributed by atoms with E-state index in [2.05, 4.69) is 10.4 Å². The number of nitrogens with zero attached hydrogens (tertiary/aromatic N) is 3. The molecule has 0 spiro atoms. The van der Waals surface area contributed by atoms with Crippen LogP contribution in [0.4, 0.5) is 5.69 Å². The minimum Gasteiger partial charge on any atom is -0.382 e. The Hall–Kier alpha value is -1.16. The summed E-state index contributed by atoms with van der Waals surface area (Å²) in [5, 5.41) is 7.39. The van der Waals surface area contributed by atoms with Crippen molar-refractivity contribution in [2.24, 2.45) is 5.92 Å². The molecule has 2 saturated heterocycles. The fourth-order valence-corrected chi connectivity index (χ4v) is 7.05. The number of rotatable bonds is 6. The van der Waals surface area contributed by atoms with Crippen molar-refractivity contribution in [1.82, 2.24) is 14.1 Å². The zero-order valence-electron chi connectivity index (χ0n) is 17.3. The molecule has 0 aromatic carbocycles. The van der Waals surface area contributed by atoms with Crippen LogP contribution in [-0.2, 0) is 14.8 Å². The third kappa shape index (κ3) is 4.69. The van der Waals surface area contributed by atoms with Crippen molar-refractivity contribution in [3.05, 3.63) is 21.6 Å². The van der Waals surface area contributed by atoms with E-state index in [9.17, 15) is 13.2 Å². The molecule has 3 fully saturated rings. The smallest absolute Gasteiger partial charge is 0.287 e. The van der Waals surface area contributed by atoms with Gasteiger partial charge in [-0.25, -0.2) is 17.4 Å². The second kappa shape index (κ2) is 9.54. The third-order valence-corrected chi connectivity index (χ3v) is 9.38. The number of halogens is 1. The van der Waals surface area contributed by atoms with E-state index in [0.29, 0.717) is 56.9 Å². The third-order valence-electron chi connectivity index (χ3n) is 6.62. The molecule has 10 heteroatoms. The minimum absolute atomic E-state index is 0.110. The van der Waals surface area contributed by atoms with Crippen LogP contribution in [0.15, 0.2) is 11.0 Å². The zero-order chi connectivity index (χ0) is 21.1. The van der Waals surface area contributed by atoms with E-state index in [1.54, 1.807) is 10.5 Å².